The summed E-state index contributed by atoms with van der Waals surface area (Å²) in [5.74, 6) is -0.573. The number of halogens is 3. The van der Waals surface area contributed by atoms with Crippen LogP contribution in [0.5, 0.6) is 0 Å². The van der Waals surface area contributed by atoms with Crippen molar-refractivity contribution in [1.82, 2.24) is 0 Å². The van der Waals surface area contributed by atoms with Gasteiger partial charge in [-0.15, -0.1) is 0 Å². The van der Waals surface area contributed by atoms with E-state index in [9.17, 15) is 18.0 Å². The summed E-state index contributed by atoms with van der Waals surface area (Å²) in [4.78, 5) is 11.7. The predicted molar refractivity (Wildman–Crippen MR) is 61.6 cm³/mol. The van der Waals surface area contributed by atoms with Gasteiger partial charge in [0.1, 0.15) is 12.4 Å². The highest BCUT2D eigenvalue weighted by Gasteiger charge is 2.11. The van der Waals surface area contributed by atoms with Crippen LogP contribution in [0.3, 0.4) is 0 Å². The normalized spacial score (nSPS) is 11.0. The maximum Gasteiger partial charge on any atom is 0.261 e. The van der Waals surface area contributed by atoms with Crippen molar-refractivity contribution in [3.05, 3.63) is 34.6 Å². The van der Waals surface area contributed by atoms with E-state index in [4.69, 9.17) is 0 Å². The maximum absolute atomic E-state index is 13.4. The molecule has 1 aromatic rings. The number of hydrogen-bond acceptors (Lipinski definition) is 2. The van der Waals surface area contributed by atoms with Crippen LogP contribution in [0.4, 0.5) is 13.2 Å². The topological polar surface area (TPSA) is 26.3 Å². The molecule has 0 saturated carbocycles. The number of alkyl halides is 2. The quantitative estimate of drug-likeness (QED) is 0.579. The van der Waals surface area contributed by atoms with Crippen molar-refractivity contribution in [3.8, 4) is 0 Å². The van der Waals surface area contributed by atoms with Crippen molar-refractivity contribution in [3.63, 3.8) is 0 Å². The average Bonchev–Trinajstić information content (AvgIpc) is 2.30. The summed E-state index contributed by atoms with van der Waals surface area (Å²) < 4.78 is 41.5. The summed E-state index contributed by atoms with van der Waals surface area (Å²) >= 11 is 0. The zero-order valence-corrected chi connectivity index (χ0v) is 10.3. The first-order chi connectivity index (χ1) is 8.41. The largest absolute Gasteiger partial charge is 0.375 e. The summed E-state index contributed by atoms with van der Waals surface area (Å²) in [6, 6.07) is 2.91. The van der Waals surface area contributed by atoms with Gasteiger partial charge in [0.15, 0.2) is 5.78 Å². The molecule has 5 heteroatoms. The number of hydrogen-bond donors (Lipinski definition) is 0. The van der Waals surface area contributed by atoms with Gasteiger partial charge in [0.05, 0.1) is 6.61 Å². The van der Waals surface area contributed by atoms with Crippen LogP contribution >= 0.6 is 0 Å². The molecule has 0 atom stereocenters. The van der Waals surface area contributed by atoms with Crippen molar-refractivity contribution in [2.24, 2.45) is 0 Å². The van der Waals surface area contributed by atoms with Gasteiger partial charge >= 0.3 is 0 Å². The molecule has 100 valence electrons. The second-order valence-electron chi connectivity index (χ2n) is 4.06. The Morgan fingerprint density at radius 2 is 1.83 bits per heavy atom. The number of ether oxygens (including phenoxy) is 1. The molecule has 0 heterocycles. The van der Waals surface area contributed by atoms with Crippen LogP contribution in [0, 0.1) is 19.7 Å². The van der Waals surface area contributed by atoms with Crippen LogP contribution in [0.15, 0.2) is 12.1 Å². The molecule has 0 bridgehead atoms. The highest BCUT2D eigenvalue weighted by Crippen LogP contribution is 2.16. The van der Waals surface area contributed by atoms with Gasteiger partial charge in [-0.1, -0.05) is 0 Å². The molecule has 0 aliphatic carbocycles. The molecule has 0 saturated heterocycles. The van der Waals surface area contributed by atoms with Gasteiger partial charge in [-0.05, 0) is 37.1 Å². The number of ketones is 1. The van der Waals surface area contributed by atoms with E-state index in [-0.39, 0.29) is 24.6 Å². The molecule has 1 rings (SSSR count). The number of benzene rings is 1. The molecule has 2 nitrogen and oxygen atoms in total. The first-order valence-electron chi connectivity index (χ1n) is 5.57. The summed E-state index contributed by atoms with van der Waals surface area (Å²) in [6.45, 7) is 2.42. The van der Waals surface area contributed by atoms with Gasteiger partial charge in [0, 0.05) is 12.0 Å². The van der Waals surface area contributed by atoms with Crippen molar-refractivity contribution >= 4 is 5.78 Å². The third-order valence-corrected chi connectivity index (χ3v) is 2.48. The fraction of sp³-hybridized carbons (Fsp3) is 0.462. The first kappa shape index (κ1) is 14.7. The molecular weight excluding hydrogens is 245 g/mol. The molecule has 0 radical (unpaired) electrons. The van der Waals surface area contributed by atoms with Crippen LogP contribution in [0.2, 0.25) is 0 Å². The number of Topliss-reactive ketones (excluding diaryl/α,β-unsaturated/α-hetero) is 1. The summed E-state index contributed by atoms with van der Waals surface area (Å²) in [5, 5.41) is 0. The molecule has 0 aliphatic rings. The molecular formula is C13H15F3O2. The van der Waals surface area contributed by atoms with E-state index >= 15 is 0 Å². The number of carbonyl (C=O) groups is 1. The van der Waals surface area contributed by atoms with Crippen LogP contribution in [0.1, 0.15) is 27.9 Å². The van der Waals surface area contributed by atoms with E-state index in [0.29, 0.717) is 16.7 Å². The van der Waals surface area contributed by atoms with Gasteiger partial charge in [0.2, 0.25) is 0 Å². The number of aryl methyl sites for hydroxylation is 2. The van der Waals surface area contributed by atoms with E-state index in [1.807, 2.05) is 0 Å². The van der Waals surface area contributed by atoms with Gasteiger partial charge in [0.25, 0.3) is 6.43 Å². The van der Waals surface area contributed by atoms with Crippen LogP contribution in [-0.2, 0) is 4.74 Å². The average molecular weight is 260 g/mol. The first-order valence-corrected chi connectivity index (χ1v) is 5.57. The zero-order chi connectivity index (χ0) is 13.7. The minimum absolute atomic E-state index is 0.0111. The Morgan fingerprint density at radius 3 is 2.33 bits per heavy atom. The smallest absolute Gasteiger partial charge is 0.261 e. The minimum Gasteiger partial charge on any atom is -0.375 e. The van der Waals surface area contributed by atoms with E-state index in [0.717, 1.165) is 0 Å². The Balaban J connectivity index is 2.57. The molecule has 0 aliphatic heterocycles. The summed E-state index contributed by atoms with van der Waals surface area (Å²) in [5.41, 5.74) is 1.17. The lowest BCUT2D eigenvalue weighted by atomic mass is 10.0. The van der Waals surface area contributed by atoms with E-state index in [1.165, 1.54) is 12.1 Å². The van der Waals surface area contributed by atoms with Gasteiger partial charge in [-0.2, -0.15) is 0 Å². The molecule has 0 unspecified atom stereocenters. The van der Waals surface area contributed by atoms with Crippen LogP contribution in [-0.4, -0.2) is 25.4 Å². The molecule has 18 heavy (non-hydrogen) atoms. The van der Waals surface area contributed by atoms with E-state index < -0.39 is 13.0 Å². The fourth-order valence-electron chi connectivity index (χ4n) is 1.59. The number of rotatable bonds is 6. The highest BCUT2D eigenvalue weighted by molar-refractivity contribution is 5.96. The van der Waals surface area contributed by atoms with Gasteiger partial charge < -0.3 is 4.74 Å². The lowest BCUT2D eigenvalue weighted by molar-refractivity contribution is 0.0170. The molecule has 0 spiro atoms. The zero-order valence-electron chi connectivity index (χ0n) is 10.3. The maximum atomic E-state index is 13.4. The number of carbonyl (C=O) groups excluding carboxylic acids is 1. The van der Waals surface area contributed by atoms with E-state index in [2.05, 4.69) is 4.74 Å². The van der Waals surface area contributed by atoms with Crippen molar-refractivity contribution in [2.75, 3.05) is 13.2 Å². The van der Waals surface area contributed by atoms with Crippen LogP contribution < -0.4 is 0 Å². The minimum atomic E-state index is -2.53. The third kappa shape index (κ3) is 4.14. The van der Waals surface area contributed by atoms with Crippen LogP contribution in [0.25, 0.3) is 0 Å². The van der Waals surface area contributed by atoms with E-state index in [1.54, 1.807) is 13.8 Å². The van der Waals surface area contributed by atoms with Crippen molar-refractivity contribution in [2.45, 2.75) is 26.7 Å². The molecule has 0 fully saturated rings. The Morgan fingerprint density at radius 1 is 1.28 bits per heavy atom. The Labute approximate surface area is 104 Å². The predicted octanol–water partition coefficient (Wildman–Crippen LogP) is 3.30. The SMILES string of the molecule is Cc1cc(C(=O)CCOCC(F)F)cc(C)c1F. The third-order valence-electron chi connectivity index (χ3n) is 2.48. The van der Waals surface area contributed by atoms with Gasteiger partial charge in [-0.3, -0.25) is 4.79 Å². The summed E-state index contributed by atoms with van der Waals surface area (Å²) in [6.07, 6.45) is -2.52. The molecule has 0 amide bonds. The second-order valence-corrected chi connectivity index (χ2v) is 4.06. The standard InChI is InChI=1S/C13H15F3O2/c1-8-5-10(6-9(2)13(8)16)11(17)3-4-18-7-12(14)15/h5-6,12H,3-4,7H2,1-2H3. The monoisotopic (exact) mass is 260 g/mol. The molecule has 0 aromatic heterocycles. The Hall–Kier alpha value is -1.36. The fourth-order valence-corrected chi connectivity index (χ4v) is 1.59. The Bertz CT molecular complexity index is 407. The lowest BCUT2D eigenvalue weighted by Crippen LogP contribution is -2.10. The van der Waals surface area contributed by atoms with Crippen molar-refractivity contribution < 1.29 is 22.7 Å². The molecule has 1 aromatic carbocycles. The Kier molecular flexibility index (Phi) is 5.34. The highest BCUT2D eigenvalue weighted by atomic mass is 19.3. The van der Waals surface area contributed by atoms with Crippen molar-refractivity contribution in [1.29, 1.82) is 0 Å². The second kappa shape index (κ2) is 6.54. The lowest BCUT2D eigenvalue weighted by Gasteiger charge is -2.06. The molecule has 0 N–H and O–H groups in total. The summed E-state index contributed by atoms with van der Waals surface area (Å²) in [7, 11) is 0. The van der Waals surface area contributed by atoms with Gasteiger partial charge in [-0.25, -0.2) is 13.2 Å².